The molecule has 1 aliphatic heterocycles. The number of piperazine rings is 1. The van der Waals surface area contributed by atoms with Crippen molar-refractivity contribution in [1.82, 2.24) is 10.2 Å². The van der Waals surface area contributed by atoms with Crippen molar-refractivity contribution in [3.05, 3.63) is 23.9 Å². The third kappa shape index (κ3) is 3.34. The van der Waals surface area contributed by atoms with E-state index in [4.69, 9.17) is 0 Å². The number of nitrogens with one attached hydrogen (secondary N) is 1. The molecule has 0 radical (unpaired) electrons. The summed E-state index contributed by atoms with van der Waals surface area (Å²) in [7, 11) is 1.81. The second-order valence-electron chi connectivity index (χ2n) is 3.24. The summed E-state index contributed by atoms with van der Waals surface area (Å²) in [5.41, 5.74) is 1.20. The zero-order chi connectivity index (χ0) is 10.2. The van der Waals surface area contributed by atoms with Crippen LogP contribution in [0.3, 0.4) is 0 Å². The lowest BCUT2D eigenvalue weighted by Crippen LogP contribution is -2.43. The Kier molecular flexibility index (Phi) is 5.00. The van der Waals surface area contributed by atoms with E-state index >= 15 is 0 Å². The van der Waals surface area contributed by atoms with Gasteiger partial charge in [-0.3, -0.25) is 4.99 Å². The van der Waals surface area contributed by atoms with Crippen molar-refractivity contribution in [3.8, 4) is 0 Å². The summed E-state index contributed by atoms with van der Waals surface area (Å²) >= 11 is 0. The number of rotatable bonds is 3. The quantitative estimate of drug-likeness (QED) is 0.536. The van der Waals surface area contributed by atoms with E-state index in [0.717, 1.165) is 26.2 Å². The fraction of sp³-hybridized carbons (Fsp3) is 0.545. The van der Waals surface area contributed by atoms with Crippen LogP contribution in [0.5, 0.6) is 0 Å². The average molecular weight is 193 g/mol. The minimum absolute atomic E-state index is 1.06. The Bertz CT molecular complexity index is 235. The summed E-state index contributed by atoms with van der Waals surface area (Å²) in [4.78, 5) is 6.43. The van der Waals surface area contributed by atoms with Crippen LogP contribution in [0.4, 0.5) is 0 Å². The van der Waals surface area contributed by atoms with Gasteiger partial charge in [0.05, 0.1) is 5.70 Å². The van der Waals surface area contributed by atoms with Crippen molar-refractivity contribution < 1.29 is 0 Å². The van der Waals surface area contributed by atoms with Crippen LogP contribution < -0.4 is 5.32 Å². The van der Waals surface area contributed by atoms with Gasteiger partial charge in [-0.05, 0) is 13.0 Å². The highest BCUT2D eigenvalue weighted by molar-refractivity contribution is 5.78. The van der Waals surface area contributed by atoms with Gasteiger partial charge in [0.2, 0.25) is 0 Å². The van der Waals surface area contributed by atoms with E-state index in [1.807, 2.05) is 26.3 Å². The summed E-state index contributed by atoms with van der Waals surface area (Å²) in [6.45, 7) is 6.27. The molecule has 1 saturated heterocycles. The number of aliphatic imine (C=N–C) groups is 1. The van der Waals surface area contributed by atoms with Crippen molar-refractivity contribution in [2.24, 2.45) is 4.99 Å². The molecule has 3 nitrogen and oxygen atoms in total. The number of hydrogen-bond acceptors (Lipinski definition) is 3. The first kappa shape index (κ1) is 11.0. The molecule has 0 aromatic heterocycles. The third-order valence-corrected chi connectivity index (χ3v) is 2.20. The van der Waals surface area contributed by atoms with Gasteiger partial charge in [-0.1, -0.05) is 12.2 Å². The lowest BCUT2D eigenvalue weighted by atomic mass is 10.3. The Labute approximate surface area is 86.2 Å². The number of hydrogen-bond donors (Lipinski definition) is 1. The summed E-state index contributed by atoms with van der Waals surface area (Å²) in [5.74, 6) is 0. The molecule has 0 aromatic rings. The van der Waals surface area contributed by atoms with Crippen LogP contribution in [0.1, 0.15) is 6.92 Å². The smallest absolute Gasteiger partial charge is 0.0548 e. The van der Waals surface area contributed by atoms with Gasteiger partial charge in [-0.15, -0.1) is 0 Å². The van der Waals surface area contributed by atoms with Crippen LogP contribution in [0.15, 0.2) is 28.9 Å². The highest BCUT2D eigenvalue weighted by Gasteiger charge is 2.10. The highest BCUT2D eigenvalue weighted by atomic mass is 15.2. The highest BCUT2D eigenvalue weighted by Crippen LogP contribution is 2.03. The first-order valence-electron chi connectivity index (χ1n) is 5.09. The summed E-state index contributed by atoms with van der Waals surface area (Å²) in [5, 5.41) is 3.34. The predicted octanol–water partition coefficient (Wildman–Crippen LogP) is 1.05. The molecule has 3 heteroatoms. The third-order valence-electron chi connectivity index (χ3n) is 2.20. The SMILES string of the molecule is C/C=C/C=C(\C=N/C)N1CCNCC1. The lowest BCUT2D eigenvalue weighted by Gasteiger charge is -2.29. The van der Waals surface area contributed by atoms with Crippen LogP contribution in [-0.2, 0) is 0 Å². The minimum atomic E-state index is 1.06. The Morgan fingerprint density at radius 1 is 1.36 bits per heavy atom. The molecule has 0 aromatic carbocycles. The first-order valence-corrected chi connectivity index (χ1v) is 5.09. The molecule has 14 heavy (non-hydrogen) atoms. The van der Waals surface area contributed by atoms with Crippen LogP contribution in [0, 0.1) is 0 Å². The maximum Gasteiger partial charge on any atom is 0.0548 e. The molecular formula is C11H19N3. The number of allylic oxidation sites excluding steroid dienone is 4. The van der Waals surface area contributed by atoms with Gasteiger partial charge < -0.3 is 10.2 Å². The van der Waals surface area contributed by atoms with Gasteiger partial charge in [-0.2, -0.15) is 0 Å². The van der Waals surface area contributed by atoms with Crippen LogP contribution in [0.25, 0.3) is 0 Å². The van der Waals surface area contributed by atoms with E-state index in [2.05, 4.69) is 27.4 Å². The van der Waals surface area contributed by atoms with E-state index in [9.17, 15) is 0 Å². The maximum absolute atomic E-state index is 4.07. The van der Waals surface area contributed by atoms with Gasteiger partial charge in [0.15, 0.2) is 0 Å². The average Bonchev–Trinajstić information content (AvgIpc) is 2.25. The zero-order valence-electron chi connectivity index (χ0n) is 9.03. The van der Waals surface area contributed by atoms with Gasteiger partial charge in [0.25, 0.3) is 0 Å². The molecule has 1 fully saturated rings. The van der Waals surface area contributed by atoms with Gasteiger partial charge >= 0.3 is 0 Å². The second kappa shape index (κ2) is 6.38. The Balaban J connectivity index is 2.65. The zero-order valence-corrected chi connectivity index (χ0v) is 9.03. The Hall–Kier alpha value is -1.09. The predicted molar refractivity (Wildman–Crippen MR) is 61.8 cm³/mol. The molecule has 1 N–H and O–H groups in total. The fourth-order valence-electron chi connectivity index (χ4n) is 1.48. The first-order chi connectivity index (χ1) is 6.88. The van der Waals surface area contributed by atoms with Gasteiger partial charge in [-0.25, -0.2) is 0 Å². The lowest BCUT2D eigenvalue weighted by molar-refractivity contribution is 0.313. The van der Waals surface area contributed by atoms with E-state index < -0.39 is 0 Å². The normalized spacial score (nSPS) is 19.9. The monoisotopic (exact) mass is 193 g/mol. The Morgan fingerprint density at radius 3 is 2.64 bits per heavy atom. The van der Waals surface area contributed by atoms with Crippen LogP contribution in [0.2, 0.25) is 0 Å². The molecule has 0 aliphatic carbocycles. The van der Waals surface area contributed by atoms with Crippen LogP contribution in [-0.4, -0.2) is 44.3 Å². The van der Waals surface area contributed by atoms with Gasteiger partial charge in [0.1, 0.15) is 0 Å². The molecule has 0 saturated carbocycles. The van der Waals surface area contributed by atoms with Crippen molar-refractivity contribution in [2.75, 3.05) is 33.2 Å². The molecule has 1 aliphatic rings. The molecule has 0 bridgehead atoms. The molecule has 0 atom stereocenters. The van der Waals surface area contributed by atoms with E-state index in [1.54, 1.807) is 0 Å². The molecular weight excluding hydrogens is 174 g/mol. The van der Waals surface area contributed by atoms with Crippen molar-refractivity contribution in [3.63, 3.8) is 0 Å². The summed E-state index contributed by atoms with van der Waals surface area (Å²) in [6.07, 6.45) is 8.12. The van der Waals surface area contributed by atoms with Crippen molar-refractivity contribution in [1.29, 1.82) is 0 Å². The van der Waals surface area contributed by atoms with Gasteiger partial charge in [0, 0.05) is 39.4 Å². The molecule has 1 heterocycles. The topological polar surface area (TPSA) is 27.6 Å². The molecule has 0 amide bonds. The molecule has 0 spiro atoms. The summed E-state index contributed by atoms with van der Waals surface area (Å²) < 4.78 is 0. The van der Waals surface area contributed by atoms with E-state index in [-0.39, 0.29) is 0 Å². The van der Waals surface area contributed by atoms with E-state index in [1.165, 1.54) is 5.70 Å². The second-order valence-corrected chi connectivity index (χ2v) is 3.24. The summed E-state index contributed by atoms with van der Waals surface area (Å²) in [6, 6.07) is 0. The number of nitrogens with zero attached hydrogens (tertiary/aromatic N) is 2. The minimum Gasteiger partial charge on any atom is -0.368 e. The van der Waals surface area contributed by atoms with Crippen molar-refractivity contribution >= 4 is 6.21 Å². The Morgan fingerprint density at radius 2 is 2.07 bits per heavy atom. The van der Waals surface area contributed by atoms with E-state index in [0.29, 0.717) is 0 Å². The van der Waals surface area contributed by atoms with Crippen molar-refractivity contribution in [2.45, 2.75) is 6.92 Å². The largest absolute Gasteiger partial charge is 0.368 e. The molecule has 1 rings (SSSR count). The fourth-order valence-corrected chi connectivity index (χ4v) is 1.48. The molecule has 0 unspecified atom stereocenters. The molecule has 78 valence electrons. The van der Waals surface area contributed by atoms with Crippen LogP contribution >= 0.6 is 0 Å². The standard InChI is InChI=1S/C11H19N3/c1-3-4-5-11(10-12-2)14-8-6-13-7-9-14/h3-5,10,13H,6-9H2,1-2H3/b4-3+,11-5+,12-10-. The maximum atomic E-state index is 4.07.